The first-order chi connectivity index (χ1) is 7.88. The lowest BCUT2D eigenvalue weighted by Crippen LogP contribution is -2.03. The number of non-ortho nitro benzene ring substituents is 1. The smallest absolute Gasteiger partial charge is 0.338 e. The molecule has 0 aliphatic rings. The van der Waals surface area contributed by atoms with Gasteiger partial charge in [-0.15, -0.1) is 0 Å². The predicted octanol–water partition coefficient (Wildman–Crippen LogP) is 1.29. The normalized spacial score (nSPS) is 10.4. The van der Waals surface area contributed by atoms with Gasteiger partial charge in [-0.25, -0.2) is 4.79 Å². The SMILES string of the molecule is [2H]c1c(C(=O)OC)cc([N+](=O)[O-])cc1[N+](=O)[O-]. The second-order valence-corrected chi connectivity index (χ2v) is 2.64. The number of nitrogens with zero attached hydrogens (tertiary/aromatic N) is 2. The fourth-order valence-corrected chi connectivity index (χ4v) is 0.963. The summed E-state index contributed by atoms with van der Waals surface area (Å²) in [7, 11) is 1.01. The van der Waals surface area contributed by atoms with Gasteiger partial charge in [-0.05, 0) is 0 Å². The molecule has 1 aromatic rings. The summed E-state index contributed by atoms with van der Waals surface area (Å²) in [5.41, 5.74) is -1.99. The summed E-state index contributed by atoms with van der Waals surface area (Å²) in [6, 6.07) is 0.670. The molecule has 0 unspecified atom stereocenters. The molecule has 8 nitrogen and oxygen atoms in total. The van der Waals surface area contributed by atoms with E-state index >= 15 is 0 Å². The molecule has 0 bridgehead atoms. The van der Waals surface area contributed by atoms with Gasteiger partial charge in [-0.2, -0.15) is 0 Å². The van der Waals surface area contributed by atoms with Crippen molar-refractivity contribution in [2.75, 3.05) is 7.11 Å². The zero-order valence-electron chi connectivity index (χ0n) is 9.00. The molecule has 0 heterocycles. The summed E-state index contributed by atoms with van der Waals surface area (Å²) in [5.74, 6) is -1.04. The molecule has 1 aromatic carbocycles. The Morgan fingerprint density at radius 2 is 1.88 bits per heavy atom. The van der Waals surface area contributed by atoms with Crippen LogP contribution < -0.4 is 0 Å². The van der Waals surface area contributed by atoms with Crippen LogP contribution in [0.3, 0.4) is 0 Å². The third-order valence-corrected chi connectivity index (χ3v) is 1.65. The van der Waals surface area contributed by atoms with Crippen molar-refractivity contribution in [3.8, 4) is 0 Å². The van der Waals surface area contributed by atoms with Crippen LogP contribution in [0.1, 0.15) is 11.7 Å². The summed E-state index contributed by atoms with van der Waals surface area (Å²) < 4.78 is 11.7. The van der Waals surface area contributed by atoms with E-state index < -0.39 is 38.8 Å². The Morgan fingerprint density at radius 1 is 1.31 bits per heavy atom. The maximum absolute atomic E-state index is 11.2. The van der Waals surface area contributed by atoms with Crippen LogP contribution in [0.2, 0.25) is 0 Å². The highest BCUT2D eigenvalue weighted by Crippen LogP contribution is 2.22. The molecule has 8 heteroatoms. The van der Waals surface area contributed by atoms with Crippen molar-refractivity contribution in [1.82, 2.24) is 0 Å². The van der Waals surface area contributed by atoms with Crippen LogP contribution in [-0.4, -0.2) is 22.9 Å². The number of rotatable bonds is 3. The van der Waals surface area contributed by atoms with Gasteiger partial charge in [0.15, 0.2) is 0 Å². The fourth-order valence-electron chi connectivity index (χ4n) is 0.963. The molecule has 1 rings (SSSR count). The molecule has 0 aliphatic carbocycles. The van der Waals surface area contributed by atoms with Gasteiger partial charge in [0.25, 0.3) is 11.4 Å². The van der Waals surface area contributed by atoms with E-state index in [1.807, 2.05) is 0 Å². The van der Waals surface area contributed by atoms with Crippen molar-refractivity contribution in [1.29, 1.82) is 0 Å². The molecule has 0 spiro atoms. The van der Waals surface area contributed by atoms with Gasteiger partial charge in [0.1, 0.15) is 0 Å². The first-order valence-electron chi connectivity index (χ1n) is 4.40. The lowest BCUT2D eigenvalue weighted by atomic mass is 10.2. The average molecular weight is 227 g/mol. The summed E-state index contributed by atoms with van der Waals surface area (Å²) in [4.78, 5) is 30.4. The van der Waals surface area contributed by atoms with Crippen molar-refractivity contribution in [3.05, 3.63) is 44.0 Å². The second-order valence-electron chi connectivity index (χ2n) is 2.64. The second kappa shape index (κ2) is 4.34. The number of benzene rings is 1. The monoisotopic (exact) mass is 227 g/mol. The Hall–Kier alpha value is -2.51. The average Bonchev–Trinajstić information content (AvgIpc) is 2.27. The largest absolute Gasteiger partial charge is 0.465 e. The quantitative estimate of drug-likeness (QED) is 0.436. The van der Waals surface area contributed by atoms with E-state index in [2.05, 4.69) is 4.74 Å². The number of methoxy groups -OCH3 is 1. The number of carbonyl (C=O) groups is 1. The third-order valence-electron chi connectivity index (χ3n) is 1.65. The number of esters is 1. The number of hydrogen-bond acceptors (Lipinski definition) is 6. The lowest BCUT2D eigenvalue weighted by Gasteiger charge is -1.99. The highest BCUT2D eigenvalue weighted by Gasteiger charge is 2.19. The Labute approximate surface area is 90.1 Å². The van der Waals surface area contributed by atoms with Crippen LogP contribution in [0.15, 0.2) is 18.2 Å². The predicted molar refractivity (Wildman–Crippen MR) is 51.1 cm³/mol. The minimum absolute atomic E-state index is 0.520. The minimum atomic E-state index is -1.04. The van der Waals surface area contributed by atoms with Gasteiger partial charge < -0.3 is 4.74 Å². The summed E-state index contributed by atoms with van der Waals surface area (Å²) in [6.45, 7) is 0. The van der Waals surface area contributed by atoms with E-state index in [1.54, 1.807) is 0 Å². The Bertz CT molecular complexity index is 515. The molecule has 0 aromatic heterocycles. The van der Waals surface area contributed by atoms with Crippen LogP contribution in [0.4, 0.5) is 11.4 Å². The first-order valence-corrected chi connectivity index (χ1v) is 3.90. The van der Waals surface area contributed by atoms with Crippen LogP contribution in [0, 0.1) is 20.2 Å². The molecule has 0 aliphatic heterocycles. The van der Waals surface area contributed by atoms with Gasteiger partial charge in [-0.3, -0.25) is 20.2 Å². The molecule has 0 radical (unpaired) electrons. The fraction of sp³-hybridized carbons (Fsp3) is 0.125. The van der Waals surface area contributed by atoms with Crippen LogP contribution in [0.5, 0.6) is 0 Å². The topological polar surface area (TPSA) is 113 Å². The van der Waals surface area contributed by atoms with Crippen LogP contribution in [0.25, 0.3) is 0 Å². The molecular formula is C8H6N2O6. The summed E-state index contributed by atoms with van der Waals surface area (Å²) >= 11 is 0. The van der Waals surface area contributed by atoms with Crippen molar-refractivity contribution < 1.29 is 20.7 Å². The molecule has 0 amide bonds. The zero-order valence-corrected chi connectivity index (χ0v) is 8.00. The Balaban J connectivity index is 3.54. The summed E-state index contributed by atoms with van der Waals surface area (Å²) in [5, 5.41) is 21.1. The zero-order chi connectivity index (χ0) is 13.2. The number of carbonyl (C=O) groups excluding carboxylic acids is 1. The molecule has 0 saturated carbocycles. The lowest BCUT2D eigenvalue weighted by molar-refractivity contribution is -0.394. The number of nitro benzene ring substituents is 2. The highest BCUT2D eigenvalue weighted by atomic mass is 16.6. The van der Waals surface area contributed by atoms with E-state index in [4.69, 9.17) is 1.37 Å². The van der Waals surface area contributed by atoms with Gasteiger partial charge in [0.05, 0.1) is 30.0 Å². The van der Waals surface area contributed by atoms with E-state index in [9.17, 15) is 25.0 Å². The van der Waals surface area contributed by atoms with E-state index in [-0.39, 0.29) is 0 Å². The Morgan fingerprint density at radius 3 is 2.31 bits per heavy atom. The van der Waals surface area contributed by atoms with E-state index in [0.29, 0.717) is 6.07 Å². The standard InChI is InChI=1S/C8H6N2O6/c1-16-8(11)5-2-6(9(12)13)4-7(3-5)10(14)15/h2-4H,1H3/i2D. The molecule has 84 valence electrons. The molecular weight excluding hydrogens is 220 g/mol. The van der Waals surface area contributed by atoms with E-state index in [0.717, 1.165) is 13.2 Å². The molecule has 0 saturated heterocycles. The first kappa shape index (κ1) is 10.0. The number of nitro groups is 2. The molecule has 0 N–H and O–H groups in total. The summed E-state index contributed by atoms with van der Waals surface area (Å²) in [6.07, 6.45) is 0. The van der Waals surface area contributed by atoms with E-state index in [1.165, 1.54) is 0 Å². The molecule has 0 atom stereocenters. The van der Waals surface area contributed by atoms with Gasteiger partial charge in [0, 0.05) is 12.1 Å². The number of ether oxygens (including phenoxy) is 1. The third kappa shape index (κ3) is 2.29. The molecule has 0 fully saturated rings. The van der Waals surface area contributed by atoms with Gasteiger partial charge >= 0.3 is 5.97 Å². The highest BCUT2D eigenvalue weighted by molar-refractivity contribution is 5.91. The van der Waals surface area contributed by atoms with Crippen molar-refractivity contribution in [3.63, 3.8) is 0 Å². The van der Waals surface area contributed by atoms with Gasteiger partial charge in [0.2, 0.25) is 0 Å². The van der Waals surface area contributed by atoms with Crippen LogP contribution >= 0.6 is 0 Å². The maximum Gasteiger partial charge on any atom is 0.338 e. The van der Waals surface area contributed by atoms with Gasteiger partial charge in [-0.1, -0.05) is 0 Å². The Kier molecular flexibility index (Phi) is 2.72. The van der Waals surface area contributed by atoms with Crippen molar-refractivity contribution >= 4 is 17.3 Å². The minimum Gasteiger partial charge on any atom is -0.465 e. The number of hydrogen-bond donors (Lipinski definition) is 0. The molecule has 16 heavy (non-hydrogen) atoms. The maximum atomic E-state index is 11.2. The van der Waals surface area contributed by atoms with Crippen molar-refractivity contribution in [2.45, 2.75) is 0 Å². The van der Waals surface area contributed by atoms with Crippen molar-refractivity contribution in [2.24, 2.45) is 0 Å². The van der Waals surface area contributed by atoms with Crippen LogP contribution in [-0.2, 0) is 4.74 Å².